The Morgan fingerprint density at radius 3 is 2.62 bits per heavy atom. The van der Waals surface area contributed by atoms with E-state index in [1.807, 2.05) is 5.38 Å². The first kappa shape index (κ1) is 15.9. The highest BCUT2D eigenvalue weighted by Gasteiger charge is 2.42. The lowest BCUT2D eigenvalue weighted by Crippen LogP contribution is -2.35. The SMILES string of the molecule is CC(C)(C)c1nc(CC(=O)N2CC[C@](C)(C(=O)O)C2)cs1. The number of carbonyl (C=O) groups excluding carboxylic acids is 1. The summed E-state index contributed by atoms with van der Waals surface area (Å²) in [6.07, 6.45) is 0.765. The summed E-state index contributed by atoms with van der Waals surface area (Å²) >= 11 is 1.57. The zero-order valence-corrected chi connectivity index (χ0v) is 13.8. The Morgan fingerprint density at radius 2 is 2.14 bits per heavy atom. The van der Waals surface area contributed by atoms with Crippen molar-refractivity contribution >= 4 is 23.2 Å². The van der Waals surface area contributed by atoms with E-state index >= 15 is 0 Å². The van der Waals surface area contributed by atoms with E-state index < -0.39 is 11.4 Å². The summed E-state index contributed by atoms with van der Waals surface area (Å²) in [7, 11) is 0. The maximum atomic E-state index is 12.3. The number of carbonyl (C=O) groups is 2. The van der Waals surface area contributed by atoms with Gasteiger partial charge in [-0.05, 0) is 13.3 Å². The zero-order chi connectivity index (χ0) is 15.8. The minimum atomic E-state index is -0.832. The fraction of sp³-hybridized carbons (Fsp3) is 0.667. The molecule has 1 aliphatic heterocycles. The van der Waals surface area contributed by atoms with E-state index in [1.165, 1.54) is 0 Å². The molecule has 21 heavy (non-hydrogen) atoms. The number of aromatic nitrogens is 1. The Bertz CT molecular complexity index is 562. The van der Waals surface area contributed by atoms with Crippen molar-refractivity contribution in [2.24, 2.45) is 5.41 Å². The van der Waals surface area contributed by atoms with Crippen LogP contribution in [0.1, 0.15) is 44.8 Å². The predicted molar refractivity (Wildman–Crippen MR) is 81.5 cm³/mol. The minimum absolute atomic E-state index is 0.0124. The maximum Gasteiger partial charge on any atom is 0.311 e. The average Bonchev–Trinajstić information content (AvgIpc) is 2.96. The molecular weight excluding hydrogens is 288 g/mol. The van der Waals surface area contributed by atoms with Crippen molar-refractivity contribution in [2.75, 3.05) is 13.1 Å². The van der Waals surface area contributed by atoms with Crippen molar-refractivity contribution in [3.63, 3.8) is 0 Å². The van der Waals surface area contributed by atoms with Crippen molar-refractivity contribution in [1.82, 2.24) is 9.88 Å². The Balaban J connectivity index is 2.00. The normalized spacial score (nSPS) is 22.6. The molecule has 0 radical (unpaired) electrons. The van der Waals surface area contributed by atoms with Crippen LogP contribution in [0.2, 0.25) is 0 Å². The molecular formula is C15H22N2O3S. The molecule has 6 heteroatoms. The second-order valence-corrected chi connectivity index (χ2v) is 7.86. The second-order valence-electron chi connectivity index (χ2n) is 7.00. The third-order valence-electron chi connectivity index (χ3n) is 3.87. The number of rotatable bonds is 3. The van der Waals surface area contributed by atoms with Crippen LogP contribution < -0.4 is 0 Å². The van der Waals surface area contributed by atoms with Crippen molar-refractivity contribution in [3.05, 3.63) is 16.1 Å². The number of carboxylic acid groups (broad SMARTS) is 1. The minimum Gasteiger partial charge on any atom is -0.481 e. The number of carboxylic acids is 1. The molecule has 1 atom stereocenters. The molecule has 1 N–H and O–H groups in total. The number of amides is 1. The summed E-state index contributed by atoms with van der Waals surface area (Å²) < 4.78 is 0. The molecule has 0 spiro atoms. The molecule has 0 aliphatic carbocycles. The standard InChI is InChI=1S/C15H22N2O3S/c1-14(2,3)12-16-10(8-21-12)7-11(18)17-6-5-15(4,9-17)13(19)20/h8H,5-7,9H2,1-4H3,(H,19,20)/t15-/m0/s1. The van der Waals surface area contributed by atoms with Crippen LogP contribution in [-0.2, 0) is 21.4 Å². The zero-order valence-electron chi connectivity index (χ0n) is 13.0. The van der Waals surface area contributed by atoms with Crippen molar-refractivity contribution in [3.8, 4) is 0 Å². The number of hydrogen-bond donors (Lipinski definition) is 1. The van der Waals surface area contributed by atoms with E-state index in [9.17, 15) is 14.7 Å². The van der Waals surface area contributed by atoms with Crippen LogP contribution in [0.3, 0.4) is 0 Å². The molecule has 0 unspecified atom stereocenters. The van der Waals surface area contributed by atoms with Crippen LogP contribution in [0.4, 0.5) is 0 Å². The average molecular weight is 310 g/mol. The first-order valence-electron chi connectivity index (χ1n) is 7.08. The van der Waals surface area contributed by atoms with Crippen LogP contribution >= 0.6 is 11.3 Å². The molecule has 2 heterocycles. The van der Waals surface area contributed by atoms with Gasteiger partial charge in [0.2, 0.25) is 5.91 Å². The smallest absolute Gasteiger partial charge is 0.311 e. The number of nitrogens with zero attached hydrogens (tertiary/aromatic N) is 2. The van der Waals surface area contributed by atoms with Crippen LogP contribution in [0.15, 0.2) is 5.38 Å². The summed E-state index contributed by atoms with van der Waals surface area (Å²) in [5.41, 5.74) is -0.0469. The summed E-state index contributed by atoms with van der Waals surface area (Å²) in [6, 6.07) is 0. The van der Waals surface area contributed by atoms with E-state index in [4.69, 9.17) is 0 Å². The molecule has 1 fully saturated rings. The molecule has 116 valence electrons. The highest BCUT2D eigenvalue weighted by Crippen LogP contribution is 2.31. The molecule has 0 aromatic carbocycles. The van der Waals surface area contributed by atoms with Crippen LogP contribution in [0.5, 0.6) is 0 Å². The van der Waals surface area contributed by atoms with Gasteiger partial charge in [-0.15, -0.1) is 11.3 Å². The maximum absolute atomic E-state index is 12.3. The molecule has 1 aromatic rings. The highest BCUT2D eigenvalue weighted by molar-refractivity contribution is 7.09. The Labute approximate surface area is 129 Å². The lowest BCUT2D eigenvalue weighted by Gasteiger charge is -2.20. The van der Waals surface area contributed by atoms with Crippen molar-refractivity contribution in [1.29, 1.82) is 0 Å². The Kier molecular flexibility index (Phi) is 4.10. The second kappa shape index (κ2) is 5.40. The van der Waals surface area contributed by atoms with Gasteiger partial charge in [0.15, 0.2) is 0 Å². The van der Waals surface area contributed by atoms with Gasteiger partial charge in [0, 0.05) is 23.9 Å². The van der Waals surface area contributed by atoms with Crippen LogP contribution in [0.25, 0.3) is 0 Å². The number of hydrogen-bond acceptors (Lipinski definition) is 4. The largest absolute Gasteiger partial charge is 0.481 e. The number of likely N-dealkylation sites (tertiary alicyclic amines) is 1. The van der Waals surface area contributed by atoms with Gasteiger partial charge >= 0.3 is 5.97 Å². The van der Waals surface area contributed by atoms with E-state index in [2.05, 4.69) is 25.8 Å². The van der Waals surface area contributed by atoms with Gasteiger partial charge in [-0.3, -0.25) is 9.59 Å². The number of thiazole rings is 1. The predicted octanol–water partition coefficient (Wildman–Crippen LogP) is 2.31. The Hall–Kier alpha value is -1.43. The van der Waals surface area contributed by atoms with Gasteiger partial charge in [0.25, 0.3) is 0 Å². The summed E-state index contributed by atoms with van der Waals surface area (Å²) in [5, 5.41) is 12.1. The van der Waals surface area contributed by atoms with Crippen molar-refractivity contribution in [2.45, 2.75) is 46.0 Å². The molecule has 1 saturated heterocycles. The third-order valence-corrected chi connectivity index (χ3v) is 5.18. The van der Waals surface area contributed by atoms with Gasteiger partial charge in [0.05, 0.1) is 22.5 Å². The highest BCUT2D eigenvalue weighted by atomic mass is 32.1. The lowest BCUT2D eigenvalue weighted by molar-refractivity contribution is -0.147. The summed E-state index contributed by atoms with van der Waals surface area (Å²) in [5.74, 6) is -0.868. The molecule has 2 rings (SSSR count). The topological polar surface area (TPSA) is 70.5 Å². The van der Waals surface area contributed by atoms with Gasteiger partial charge in [-0.2, -0.15) is 0 Å². The van der Waals surface area contributed by atoms with Crippen LogP contribution in [-0.4, -0.2) is 40.0 Å². The molecule has 0 saturated carbocycles. The van der Waals surface area contributed by atoms with E-state index in [-0.39, 0.29) is 24.3 Å². The first-order valence-corrected chi connectivity index (χ1v) is 7.96. The summed E-state index contributed by atoms with van der Waals surface area (Å²) in [4.78, 5) is 29.7. The van der Waals surface area contributed by atoms with Gasteiger partial charge in [-0.1, -0.05) is 20.8 Å². The Morgan fingerprint density at radius 1 is 1.48 bits per heavy atom. The quantitative estimate of drug-likeness (QED) is 0.930. The van der Waals surface area contributed by atoms with E-state index in [0.29, 0.717) is 13.0 Å². The molecule has 5 nitrogen and oxygen atoms in total. The first-order chi connectivity index (χ1) is 9.62. The molecule has 0 bridgehead atoms. The fourth-order valence-corrected chi connectivity index (χ4v) is 3.26. The molecule has 1 aliphatic rings. The van der Waals surface area contributed by atoms with Crippen molar-refractivity contribution < 1.29 is 14.7 Å². The third kappa shape index (κ3) is 3.43. The molecule has 1 aromatic heterocycles. The summed E-state index contributed by atoms with van der Waals surface area (Å²) in [6.45, 7) is 8.78. The van der Waals surface area contributed by atoms with Gasteiger partial charge < -0.3 is 10.0 Å². The van der Waals surface area contributed by atoms with Gasteiger partial charge in [-0.25, -0.2) is 4.98 Å². The fourth-order valence-electron chi connectivity index (χ4n) is 2.35. The van der Waals surface area contributed by atoms with Gasteiger partial charge in [0.1, 0.15) is 0 Å². The monoisotopic (exact) mass is 310 g/mol. The lowest BCUT2D eigenvalue weighted by atomic mass is 9.90. The van der Waals surface area contributed by atoms with E-state index in [1.54, 1.807) is 23.2 Å². The van der Waals surface area contributed by atoms with E-state index in [0.717, 1.165) is 10.7 Å². The number of aliphatic carboxylic acids is 1. The van der Waals surface area contributed by atoms with Crippen LogP contribution in [0, 0.1) is 5.41 Å². The molecule has 1 amide bonds.